The van der Waals surface area contributed by atoms with Gasteiger partial charge < -0.3 is 5.32 Å². The summed E-state index contributed by atoms with van der Waals surface area (Å²) in [5.41, 5.74) is 2.71. The third kappa shape index (κ3) is 6.38. The second-order valence-electron chi connectivity index (χ2n) is 7.51. The lowest BCUT2D eigenvalue weighted by atomic mass is 10.1. The second-order valence-corrected chi connectivity index (χ2v) is 9.29. The van der Waals surface area contributed by atoms with E-state index in [1.165, 1.54) is 23.9 Å². The number of nitrogens with zero attached hydrogens (tertiary/aromatic N) is 3. The molecule has 1 aromatic heterocycles. The van der Waals surface area contributed by atoms with Crippen molar-refractivity contribution in [3.05, 3.63) is 106 Å². The van der Waals surface area contributed by atoms with Gasteiger partial charge >= 0.3 is 0 Å². The molecule has 4 aromatic rings. The standard InChI is InChI=1S/C25H21Cl2FN4OS/c26-19-9-12-22(21(27)14-19)32-23(15-29-24(33)13-8-17-4-2-1-3-5-17)30-31-25(32)34-16-18-6-10-20(28)11-7-18/h1-7,9-12,14H,8,13,15-16H2,(H,29,33). The number of halogens is 3. The molecule has 0 spiro atoms. The topological polar surface area (TPSA) is 59.8 Å². The van der Waals surface area contributed by atoms with Gasteiger partial charge in [0.2, 0.25) is 5.91 Å². The van der Waals surface area contributed by atoms with Gasteiger partial charge in [0, 0.05) is 17.2 Å². The Hall–Kier alpha value is -2.87. The van der Waals surface area contributed by atoms with E-state index in [4.69, 9.17) is 23.2 Å². The quantitative estimate of drug-likeness (QED) is 0.268. The molecular formula is C25H21Cl2FN4OS. The Morgan fingerprint density at radius 2 is 1.74 bits per heavy atom. The second kappa shape index (κ2) is 11.5. The summed E-state index contributed by atoms with van der Waals surface area (Å²) in [4.78, 5) is 12.4. The highest BCUT2D eigenvalue weighted by atomic mass is 35.5. The van der Waals surface area contributed by atoms with Gasteiger partial charge in [-0.05, 0) is 47.9 Å². The first-order chi connectivity index (χ1) is 16.5. The SMILES string of the molecule is O=C(CCc1ccccc1)NCc1nnc(SCc2ccc(F)cc2)n1-c1ccc(Cl)cc1Cl. The minimum absolute atomic E-state index is 0.0823. The van der Waals surface area contributed by atoms with E-state index in [2.05, 4.69) is 15.5 Å². The molecule has 0 saturated heterocycles. The fraction of sp³-hybridized carbons (Fsp3) is 0.160. The van der Waals surface area contributed by atoms with Crippen LogP contribution < -0.4 is 5.32 Å². The van der Waals surface area contributed by atoms with E-state index in [1.807, 2.05) is 34.9 Å². The number of carbonyl (C=O) groups excluding carboxylic acids is 1. The van der Waals surface area contributed by atoms with Crippen LogP contribution in [0.1, 0.15) is 23.4 Å². The molecule has 0 bridgehead atoms. The number of rotatable bonds is 9. The van der Waals surface area contributed by atoms with Gasteiger partial charge in [-0.25, -0.2) is 4.39 Å². The predicted octanol–water partition coefficient (Wildman–Crippen LogP) is 6.25. The Bertz CT molecular complexity index is 1270. The van der Waals surface area contributed by atoms with E-state index in [9.17, 15) is 9.18 Å². The van der Waals surface area contributed by atoms with Crippen molar-refractivity contribution in [3.63, 3.8) is 0 Å². The highest BCUT2D eigenvalue weighted by Crippen LogP contribution is 2.30. The fourth-order valence-electron chi connectivity index (χ4n) is 3.31. The third-order valence-corrected chi connectivity index (χ3v) is 6.60. The molecule has 174 valence electrons. The van der Waals surface area contributed by atoms with E-state index in [-0.39, 0.29) is 18.3 Å². The van der Waals surface area contributed by atoms with Crippen molar-refractivity contribution in [2.75, 3.05) is 0 Å². The van der Waals surface area contributed by atoms with E-state index in [1.54, 1.807) is 30.3 Å². The van der Waals surface area contributed by atoms with Crippen LogP contribution in [0.5, 0.6) is 0 Å². The number of aryl methyl sites for hydroxylation is 1. The number of aromatic nitrogens is 3. The van der Waals surface area contributed by atoms with E-state index >= 15 is 0 Å². The molecule has 1 N–H and O–H groups in total. The lowest BCUT2D eigenvalue weighted by Crippen LogP contribution is -2.25. The third-order valence-electron chi connectivity index (χ3n) is 5.06. The smallest absolute Gasteiger partial charge is 0.220 e. The van der Waals surface area contributed by atoms with Gasteiger partial charge in [0.1, 0.15) is 5.82 Å². The molecule has 0 saturated carbocycles. The molecule has 0 radical (unpaired) electrons. The zero-order valence-corrected chi connectivity index (χ0v) is 20.4. The monoisotopic (exact) mass is 514 g/mol. The molecule has 0 atom stereocenters. The first-order valence-electron chi connectivity index (χ1n) is 10.6. The van der Waals surface area contributed by atoms with Gasteiger partial charge in [-0.15, -0.1) is 10.2 Å². The first kappa shape index (κ1) is 24.3. The maximum atomic E-state index is 13.2. The Labute approximate surface area is 211 Å². The van der Waals surface area contributed by atoms with Gasteiger partial charge in [0.05, 0.1) is 17.3 Å². The van der Waals surface area contributed by atoms with Gasteiger partial charge in [0.25, 0.3) is 0 Å². The number of hydrogen-bond acceptors (Lipinski definition) is 4. The molecule has 0 aliphatic carbocycles. The first-order valence-corrected chi connectivity index (χ1v) is 12.3. The summed E-state index contributed by atoms with van der Waals surface area (Å²) in [6, 6.07) is 21.3. The molecule has 0 aliphatic heterocycles. The predicted molar refractivity (Wildman–Crippen MR) is 134 cm³/mol. The molecule has 4 rings (SSSR count). The lowest BCUT2D eigenvalue weighted by Gasteiger charge is -2.13. The number of hydrogen-bond donors (Lipinski definition) is 1. The molecule has 5 nitrogen and oxygen atoms in total. The van der Waals surface area contributed by atoms with Gasteiger partial charge in [-0.1, -0.05) is 77.4 Å². The van der Waals surface area contributed by atoms with Crippen LogP contribution >= 0.6 is 35.0 Å². The summed E-state index contributed by atoms with van der Waals surface area (Å²) >= 11 is 14.0. The average molecular weight is 515 g/mol. The zero-order valence-electron chi connectivity index (χ0n) is 18.0. The van der Waals surface area contributed by atoms with Crippen LogP contribution in [0.2, 0.25) is 10.0 Å². The van der Waals surface area contributed by atoms with E-state index < -0.39 is 0 Å². The van der Waals surface area contributed by atoms with Crippen LogP contribution in [0, 0.1) is 5.82 Å². The van der Waals surface area contributed by atoms with Crippen LogP contribution in [0.15, 0.2) is 78.0 Å². The van der Waals surface area contributed by atoms with Crippen LogP contribution in [0.4, 0.5) is 4.39 Å². The summed E-state index contributed by atoms with van der Waals surface area (Å²) in [5, 5.41) is 13.1. The number of nitrogens with one attached hydrogen (secondary N) is 1. The molecule has 1 heterocycles. The largest absolute Gasteiger partial charge is 0.349 e. The molecule has 1 amide bonds. The Morgan fingerprint density at radius 3 is 2.47 bits per heavy atom. The molecule has 34 heavy (non-hydrogen) atoms. The highest BCUT2D eigenvalue weighted by Gasteiger charge is 2.18. The molecule has 0 unspecified atom stereocenters. The maximum Gasteiger partial charge on any atom is 0.220 e. The van der Waals surface area contributed by atoms with E-state index in [0.29, 0.717) is 45.3 Å². The maximum absolute atomic E-state index is 13.2. The normalized spacial score (nSPS) is 10.9. The minimum Gasteiger partial charge on any atom is -0.349 e. The van der Waals surface area contributed by atoms with Crippen LogP contribution in [-0.4, -0.2) is 20.7 Å². The Kier molecular flexibility index (Phi) is 8.21. The minimum atomic E-state index is -0.282. The molecule has 3 aromatic carbocycles. The van der Waals surface area contributed by atoms with Crippen molar-refractivity contribution >= 4 is 40.9 Å². The van der Waals surface area contributed by atoms with Crippen molar-refractivity contribution in [1.82, 2.24) is 20.1 Å². The average Bonchev–Trinajstić information content (AvgIpc) is 3.24. The molecular weight excluding hydrogens is 494 g/mol. The summed E-state index contributed by atoms with van der Waals surface area (Å²) < 4.78 is 15.0. The number of benzene rings is 3. The number of amides is 1. The Morgan fingerprint density at radius 1 is 0.971 bits per heavy atom. The van der Waals surface area contributed by atoms with Crippen molar-refractivity contribution in [3.8, 4) is 5.69 Å². The van der Waals surface area contributed by atoms with Crippen LogP contribution in [0.25, 0.3) is 5.69 Å². The number of thioether (sulfide) groups is 1. The summed E-state index contributed by atoms with van der Waals surface area (Å²) in [6.07, 6.45) is 1.02. The van der Waals surface area contributed by atoms with E-state index in [0.717, 1.165) is 11.1 Å². The van der Waals surface area contributed by atoms with Crippen molar-refractivity contribution in [2.45, 2.75) is 30.3 Å². The molecule has 0 aliphatic rings. The van der Waals surface area contributed by atoms with Gasteiger partial charge in [-0.2, -0.15) is 0 Å². The van der Waals surface area contributed by atoms with Crippen molar-refractivity contribution in [2.24, 2.45) is 0 Å². The van der Waals surface area contributed by atoms with Crippen LogP contribution in [-0.2, 0) is 23.5 Å². The zero-order chi connectivity index (χ0) is 23.9. The van der Waals surface area contributed by atoms with Crippen LogP contribution in [0.3, 0.4) is 0 Å². The number of carbonyl (C=O) groups is 1. The summed E-state index contributed by atoms with van der Waals surface area (Å²) in [7, 11) is 0. The van der Waals surface area contributed by atoms with Gasteiger partial charge in [-0.3, -0.25) is 9.36 Å². The highest BCUT2D eigenvalue weighted by molar-refractivity contribution is 7.98. The van der Waals surface area contributed by atoms with Crippen molar-refractivity contribution in [1.29, 1.82) is 0 Å². The fourth-order valence-corrected chi connectivity index (χ4v) is 4.72. The molecule has 9 heteroatoms. The lowest BCUT2D eigenvalue weighted by molar-refractivity contribution is -0.121. The summed E-state index contributed by atoms with van der Waals surface area (Å²) in [5.74, 6) is 0.739. The Balaban J connectivity index is 1.50. The molecule has 0 fully saturated rings. The van der Waals surface area contributed by atoms with Gasteiger partial charge in [0.15, 0.2) is 11.0 Å². The van der Waals surface area contributed by atoms with Crippen molar-refractivity contribution < 1.29 is 9.18 Å². The summed E-state index contributed by atoms with van der Waals surface area (Å²) in [6.45, 7) is 0.191.